The van der Waals surface area contributed by atoms with E-state index in [4.69, 9.17) is 9.41 Å². The molecule has 2 aliphatic heterocycles. The van der Waals surface area contributed by atoms with Gasteiger partial charge >= 0.3 is 0 Å². The Bertz CT molecular complexity index is 909. The number of nitrogens with zero attached hydrogens (tertiary/aromatic N) is 3. The molecule has 0 radical (unpaired) electrons. The van der Waals surface area contributed by atoms with E-state index in [1.54, 1.807) is 13.3 Å². The number of hydrogen-bond donors (Lipinski definition) is 1. The summed E-state index contributed by atoms with van der Waals surface area (Å²) in [5.74, 6) is 1.60. The van der Waals surface area contributed by atoms with E-state index in [-0.39, 0.29) is 11.9 Å². The molecule has 0 bridgehead atoms. The normalized spacial score (nSPS) is 17.7. The van der Waals surface area contributed by atoms with Crippen LogP contribution in [0.1, 0.15) is 47.5 Å². The van der Waals surface area contributed by atoms with E-state index in [0.717, 1.165) is 30.9 Å². The summed E-state index contributed by atoms with van der Waals surface area (Å²) >= 11 is 0. The number of amidine groups is 1. The van der Waals surface area contributed by atoms with Crippen LogP contribution in [0.4, 0.5) is 11.6 Å². The summed E-state index contributed by atoms with van der Waals surface area (Å²) in [5, 5.41) is 2.97. The number of nitrogens with one attached hydrogen (secondary N) is 1. The van der Waals surface area contributed by atoms with Gasteiger partial charge in [-0.2, -0.15) is 0 Å². The van der Waals surface area contributed by atoms with Gasteiger partial charge in [0.1, 0.15) is 17.9 Å². The summed E-state index contributed by atoms with van der Waals surface area (Å²) in [6.45, 7) is 6.80. The first-order valence-corrected chi connectivity index (χ1v) is 9.03. The van der Waals surface area contributed by atoms with Gasteiger partial charge < -0.3 is 14.6 Å². The predicted molar refractivity (Wildman–Crippen MR) is 103 cm³/mol. The van der Waals surface area contributed by atoms with Crippen LogP contribution in [0.2, 0.25) is 0 Å². The van der Waals surface area contributed by atoms with Gasteiger partial charge in [-0.1, -0.05) is 26.0 Å². The number of aryl methyl sites for hydroxylation is 2. The highest BCUT2D eigenvalue weighted by atomic mass is 16.4. The fourth-order valence-corrected chi connectivity index (χ4v) is 3.37. The molecule has 6 heteroatoms. The van der Waals surface area contributed by atoms with E-state index in [1.165, 1.54) is 5.56 Å². The second-order valence-corrected chi connectivity index (χ2v) is 6.63. The first-order valence-electron chi connectivity index (χ1n) is 9.03. The largest absolute Gasteiger partial charge is 0.442 e. The van der Waals surface area contributed by atoms with Crippen LogP contribution in [0.3, 0.4) is 0 Å². The van der Waals surface area contributed by atoms with Crippen molar-refractivity contribution in [2.75, 3.05) is 11.9 Å². The third-order valence-corrected chi connectivity index (χ3v) is 4.91. The fraction of sp³-hybridized carbons (Fsp3) is 0.350. The van der Waals surface area contributed by atoms with Gasteiger partial charge in [0.25, 0.3) is 5.91 Å². The van der Waals surface area contributed by atoms with Crippen LogP contribution in [-0.2, 0) is 6.42 Å². The van der Waals surface area contributed by atoms with Gasteiger partial charge in [-0.05, 0) is 37.5 Å². The summed E-state index contributed by atoms with van der Waals surface area (Å²) in [4.78, 5) is 24.1. The molecule has 0 fully saturated rings. The number of rotatable bonds is 4. The van der Waals surface area contributed by atoms with Gasteiger partial charge in [0, 0.05) is 12.2 Å². The number of carbonyl (C=O) groups is 1. The van der Waals surface area contributed by atoms with Crippen LogP contribution in [0, 0.1) is 6.92 Å². The zero-order valence-electron chi connectivity index (χ0n) is 15.2. The second-order valence-electron chi connectivity index (χ2n) is 6.63. The van der Waals surface area contributed by atoms with Crippen LogP contribution in [0.15, 0.2) is 38.7 Å². The topological polar surface area (TPSA) is 70.2 Å². The minimum absolute atomic E-state index is 0.198. The zero-order valence-corrected chi connectivity index (χ0v) is 15.2. The van der Waals surface area contributed by atoms with Crippen LogP contribution < -0.4 is 5.32 Å². The molecule has 0 saturated heterocycles. The molecule has 1 aromatic heterocycles. The summed E-state index contributed by atoms with van der Waals surface area (Å²) in [6, 6.07) is 8.10. The van der Waals surface area contributed by atoms with Crippen molar-refractivity contribution in [3.63, 3.8) is 0 Å². The Kier molecular flexibility index (Phi) is 4.11. The molecule has 3 heterocycles. The van der Waals surface area contributed by atoms with Gasteiger partial charge in [0.15, 0.2) is 0 Å². The van der Waals surface area contributed by atoms with Gasteiger partial charge in [0.2, 0.25) is 5.88 Å². The number of carbonyl (C=O) groups excluding carboxylic acids is 1. The number of anilines is 1. The number of fused-ring (bicyclic) bond motifs is 3. The molecule has 2 aromatic rings. The monoisotopic (exact) mass is 350 g/mol. The average Bonchev–Trinajstić information content (AvgIpc) is 3.21. The minimum Gasteiger partial charge on any atom is -0.442 e. The smallest absolute Gasteiger partial charge is 0.260 e. The van der Waals surface area contributed by atoms with Crippen molar-refractivity contribution >= 4 is 29.7 Å². The first kappa shape index (κ1) is 16.6. The van der Waals surface area contributed by atoms with Gasteiger partial charge in [-0.3, -0.25) is 9.79 Å². The van der Waals surface area contributed by atoms with Crippen LogP contribution in [0.25, 0.3) is 0 Å². The van der Waals surface area contributed by atoms with E-state index in [2.05, 4.69) is 24.2 Å². The second kappa shape index (κ2) is 6.44. The summed E-state index contributed by atoms with van der Waals surface area (Å²) in [7, 11) is 0. The Labute approximate surface area is 152 Å². The summed E-state index contributed by atoms with van der Waals surface area (Å²) < 4.78 is 5.74. The molecular formula is C20H22N4O2. The van der Waals surface area contributed by atoms with Gasteiger partial charge in [-0.15, -0.1) is 0 Å². The highest BCUT2D eigenvalue weighted by Crippen LogP contribution is 2.35. The maximum absolute atomic E-state index is 13.0. The van der Waals surface area contributed by atoms with E-state index >= 15 is 0 Å². The molecule has 6 nitrogen and oxygen atoms in total. The molecule has 0 unspecified atom stereocenters. The van der Waals surface area contributed by atoms with Crippen LogP contribution in [-0.4, -0.2) is 35.6 Å². The molecule has 1 aromatic carbocycles. The number of hydrogen-bond acceptors (Lipinski definition) is 5. The summed E-state index contributed by atoms with van der Waals surface area (Å²) in [6.07, 6.45) is 3.66. The predicted octanol–water partition coefficient (Wildman–Crippen LogP) is 3.92. The highest BCUT2D eigenvalue weighted by molar-refractivity contribution is 6.19. The van der Waals surface area contributed by atoms with Crippen LogP contribution in [0.5, 0.6) is 0 Å². The Hall–Kier alpha value is -2.89. The van der Waals surface area contributed by atoms with Crippen LogP contribution >= 0.6 is 0 Å². The lowest BCUT2D eigenvalue weighted by Crippen LogP contribution is -2.31. The Morgan fingerprint density at radius 1 is 1.31 bits per heavy atom. The quantitative estimate of drug-likeness (QED) is 0.908. The molecule has 1 atom stereocenters. The third-order valence-electron chi connectivity index (χ3n) is 4.91. The Morgan fingerprint density at radius 3 is 2.77 bits per heavy atom. The number of amides is 1. The average molecular weight is 350 g/mol. The zero-order chi connectivity index (χ0) is 18.3. The third kappa shape index (κ3) is 2.71. The Morgan fingerprint density at radius 2 is 2.08 bits per heavy atom. The number of benzene rings is 1. The first-order chi connectivity index (χ1) is 12.6. The fourth-order valence-electron chi connectivity index (χ4n) is 3.37. The molecule has 26 heavy (non-hydrogen) atoms. The van der Waals surface area contributed by atoms with Crippen molar-refractivity contribution in [3.05, 3.63) is 46.7 Å². The van der Waals surface area contributed by atoms with Crippen molar-refractivity contribution < 1.29 is 9.21 Å². The summed E-state index contributed by atoms with van der Waals surface area (Å²) in [5.41, 5.74) is 3.20. The lowest BCUT2D eigenvalue weighted by molar-refractivity contribution is 0.102. The maximum Gasteiger partial charge on any atom is 0.260 e. The molecule has 2 aliphatic rings. The van der Waals surface area contributed by atoms with E-state index in [1.807, 2.05) is 29.2 Å². The minimum atomic E-state index is -0.198. The molecule has 0 saturated carbocycles. The number of furan rings is 1. The van der Waals surface area contributed by atoms with Crippen molar-refractivity contribution in [2.24, 2.45) is 9.98 Å². The van der Waals surface area contributed by atoms with E-state index in [0.29, 0.717) is 22.8 Å². The molecule has 0 aliphatic carbocycles. The Balaban J connectivity index is 1.68. The molecule has 0 spiro atoms. The van der Waals surface area contributed by atoms with Crippen molar-refractivity contribution in [1.82, 2.24) is 4.90 Å². The van der Waals surface area contributed by atoms with Crippen molar-refractivity contribution in [1.29, 1.82) is 0 Å². The van der Waals surface area contributed by atoms with Gasteiger partial charge in [-0.25, -0.2) is 4.99 Å². The van der Waals surface area contributed by atoms with Gasteiger partial charge in [0.05, 0.1) is 17.2 Å². The molecule has 1 N–H and O–H groups in total. The standard InChI is InChI=1S/C20H22N4O2/c1-4-13-6-8-15(9-7-13)23-19(25)16-12(3)26-20-17(16)18-22-14(5-2)10-24(18)11-21-20/h6-9,11,14H,4-5,10H2,1-3H3,(H,23,25)/t14-/m0/s1. The molecule has 1 amide bonds. The molecule has 134 valence electrons. The molecular weight excluding hydrogens is 328 g/mol. The highest BCUT2D eigenvalue weighted by Gasteiger charge is 2.35. The van der Waals surface area contributed by atoms with E-state index in [9.17, 15) is 4.79 Å². The van der Waals surface area contributed by atoms with Crippen molar-refractivity contribution in [3.8, 4) is 0 Å². The number of aliphatic imine (C=N–C) groups is 2. The SMILES string of the molecule is CCc1ccc(NC(=O)c2c(C)oc3c2C2=N[C@@H](CC)CN2C=N3)cc1. The van der Waals surface area contributed by atoms with E-state index < -0.39 is 0 Å². The maximum atomic E-state index is 13.0. The lowest BCUT2D eigenvalue weighted by atomic mass is 10.1. The molecule has 4 rings (SSSR count). The lowest BCUT2D eigenvalue weighted by Gasteiger charge is -2.18. The van der Waals surface area contributed by atoms with Crippen molar-refractivity contribution in [2.45, 2.75) is 39.7 Å².